The predicted molar refractivity (Wildman–Crippen MR) is 182 cm³/mol. The molecule has 0 spiro atoms. The van der Waals surface area contributed by atoms with E-state index in [0.29, 0.717) is 0 Å². The van der Waals surface area contributed by atoms with Crippen molar-refractivity contribution < 1.29 is 0 Å². The van der Waals surface area contributed by atoms with Crippen LogP contribution in [0.3, 0.4) is 0 Å². The molecule has 0 aromatic heterocycles. The first-order valence-electron chi connectivity index (χ1n) is 14.7. The molecule has 0 atom stereocenters. The molecule has 0 heterocycles. The number of hydrogen-bond donors (Lipinski definition) is 0. The van der Waals surface area contributed by atoms with Crippen molar-refractivity contribution in [2.75, 3.05) is 0 Å². The van der Waals surface area contributed by atoms with E-state index in [1.165, 1.54) is 0 Å². The maximum atomic E-state index is 6.70. The van der Waals surface area contributed by atoms with E-state index in [-0.39, 0.29) is 37.8 Å². The monoisotopic (exact) mass is 666 g/mol. The van der Waals surface area contributed by atoms with Crippen LogP contribution < -0.4 is 0 Å². The van der Waals surface area contributed by atoms with Crippen LogP contribution in [-0.2, 0) is 0 Å². The Hall–Kier alpha value is 1.26. The second-order valence-electron chi connectivity index (χ2n) is 19.7. The molecule has 0 rings (SSSR count). The fourth-order valence-corrected chi connectivity index (χ4v) is 65.8. The fraction of sp³-hybridized carbons (Fsp3) is 1.00. The van der Waals surface area contributed by atoms with E-state index in [0.717, 1.165) is 0 Å². The Labute approximate surface area is 241 Å². The second-order valence-corrected chi connectivity index (χ2v) is 46.5. The minimum atomic E-state index is -3.91. The molecule has 0 saturated heterocycles. The van der Waals surface area contributed by atoms with Crippen LogP contribution in [0.2, 0.25) is 6.86 Å². The summed E-state index contributed by atoms with van der Waals surface area (Å²) in [6.07, 6.45) is 0. The quantitative estimate of drug-likeness (QED) is 0.207. The molecule has 224 valence electrons. The van der Waals surface area contributed by atoms with Crippen molar-refractivity contribution in [3.05, 3.63) is 0 Å². The summed E-state index contributed by atoms with van der Waals surface area (Å²) in [4.78, 5) is 0. The molecule has 0 aliphatic heterocycles. The molecule has 0 radical (unpaired) electrons. The SMILES string of the molecule is CC(C)(C)P(=[N][Sn]([N]=P(C(C)(C)C)(C(C)(C)C)C(C)(C)C)([C](C)(C)C)[C](C)(C)C)(C(C)(C)C)C(C)(C)C. The van der Waals surface area contributed by atoms with Gasteiger partial charge in [-0.05, 0) is 0 Å². The molecule has 0 bridgehead atoms. The van der Waals surface area contributed by atoms with Crippen LogP contribution in [0.1, 0.15) is 166 Å². The molecule has 37 heavy (non-hydrogen) atoms. The van der Waals surface area contributed by atoms with Gasteiger partial charge in [0.15, 0.2) is 0 Å². The zero-order valence-electron chi connectivity index (χ0n) is 30.3. The molecule has 2 nitrogen and oxygen atoms in total. The van der Waals surface area contributed by atoms with E-state index < -0.39 is 33.0 Å². The maximum absolute atomic E-state index is 6.70. The van der Waals surface area contributed by atoms with Crippen molar-refractivity contribution in [3.8, 4) is 0 Å². The first-order valence-corrected chi connectivity index (χ1v) is 23.6. The van der Waals surface area contributed by atoms with Crippen LogP contribution in [0.4, 0.5) is 0 Å². The van der Waals surface area contributed by atoms with E-state index in [4.69, 9.17) is 5.93 Å². The van der Waals surface area contributed by atoms with Gasteiger partial charge in [0.2, 0.25) is 0 Å². The van der Waals surface area contributed by atoms with Gasteiger partial charge in [-0.1, -0.05) is 0 Å². The molecule has 0 N–H and O–H groups in total. The average Bonchev–Trinajstić information content (AvgIpc) is 2.44. The van der Waals surface area contributed by atoms with Crippen LogP contribution in [0.5, 0.6) is 0 Å². The Bertz CT molecular complexity index is 752. The Morgan fingerprint density at radius 2 is 0.432 bits per heavy atom. The Morgan fingerprint density at radius 1 is 0.297 bits per heavy atom. The molecule has 0 aliphatic carbocycles. The van der Waals surface area contributed by atoms with E-state index in [1.54, 1.807) is 0 Å². The van der Waals surface area contributed by atoms with Gasteiger partial charge in [0.25, 0.3) is 0 Å². The molecule has 0 aliphatic rings. The van der Waals surface area contributed by atoms with Crippen LogP contribution in [0.15, 0.2) is 5.93 Å². The first kappa shape index (κ1) is 38.3. The Kier molecular flexibility index (Phi) is 10.6. The zero-order valence-corrected chi connectivity index (χ0v) is 34.9. The summed E-state index contributed by atoms with van der Waals surface area (Å²) in [5.41, 5.74) is 0. The molecule has 0 fully saturated rings. The van der Waals surface area contributed by atoms with Gasteiger partial charge >= 0.3 is 243 Å². The van der Waals surface area contributed by atoms with Crippen LogP contribution in [0, 0.1) is 0 Å². The molecule has 0 aromatic rings. The topological polar surface area (TPSA) is 24.7 Å². The second kappa shape index (κ2) is 10.2. The van der Waals surface area contributed by atoms with E-state index in [9.17, 15) is 0 Å². The summed E-state index contributed by atoms with van der Waals surface area (Å²) in [6, 6.07) is 0. The van der Waals surface area contributed by atoms with Gasteiger partial charge in [-0.25, -0.2) is 0 Å². The first-order chi connectivity index (χ1) is 15.4. The molecular weight excluding hydrogens is 593 g/mol. The molecule has 0 aromatic carbocycles. The summed E-state index contributed by atoms with van der Waals surface area (Å²) in [5.74, 6) is 0. The van der Waals surface area contributed by atoms with Crippen LogP contribution in [0.25, 0.3) is 0 Å². The minimum absolute atomic E-state index is 0.0485. The van der Waals surface area contributed by atoms with Gasteiger partial charge in [0.05, 0.1) is 0 Å². The molecule has 0 unspecified atom stereocenters. The molecule has 5 heteroatoms. The summed E-state index contributed by atoms with van der Waals surface area (Å²) >= 11 is -3.91. The standard InChI is InChI=1S/2C12H27NP.2C4H9.Sn/c2*1-10(2,3)14(13,11(4,5)6)12(7,8)9;2*1-4(2)3;/h2*1-9H3;2*1-3H3;/q2*-1;;;+2. The van der Waals surface area contributed by atoms with Crippen molar-refractivity contribution in [1.82, 2.24) is 0 Å². The molecule has 0 amide bonds. The van der Waals surface area contributed by atoms with E-state index >= 15 is 0 Å². The van der Waals surface area contributed by atoms with E-state index in [2.05, 4.69) is 166 Å². The fourth-order valence-electron chi connectivity index (χ4n) is 9.12. The van der Waals surface area contributed by atoms with Crippen LogP contribution >= 0.6 is 14.1 Å². The van der Waals surface area contributed by atoms with E-state index in [1.807, 2.05) is 0 Å². The summed E-state index contributed by atoms with van der Waals surface area (Å²) in [6.45, 7) is 59.8. The van der Waals surface area contributed by atoms with Crippen molar-refractivity contribution >= 4 is 33.0 Å². The summed E-state index contributed by atoms with van der Waals surface area (Å²) in [7, 11) is -3.93. The van der Waals surface area contributed by atoms with Gasteiger partial charge in [-0.15, -0.1) is 0 Å². The van der Waals surface area contributed by atoms with Crippen molar-refractivity contribution in [2.24, 2.45) is 5.93 Å². The number of nitrogens with zero attached hydrogens (tertiary/aromatic N) is 2. The molecular formula is C32H72N2P2Sn. The van der Waals surface area contributed by atoms with Gasteiger partial charge in [-0.2, -0.15) is 0 Å². The number of hydrogen-bond acceptors (Lipinski definition) is 2. The van der Waals surface area contributed by atoms with Gasteiger partial charge in [-0.3, -0.25) is 0 Å². The van der Waals surface area contributed by atoms with Gasteiger partial charge in [0.1, 0.15) is 0 Å². The van der Waals surface area contributed by atoms with Crippen molar-refractivity contribution in [1.29, 1.82) is 0 Å². The average molecular weight is 666 g/mol. The van der Waals surface area contributed by atoms with Crippen molar-refractivity contribution in [2.45, 2.75) is 204 Å². The van der Waals surface area contributed by atoms with Gasteiger partial charge < -0.3 is 0 Å². The Balaban J connectivity index is 9.39. The third-order valence-corrected chi connectivity index (χ3v) is 43.4. The summed E-state index contributed by atoms with van der Waals surface area (Å²) in [5, 5.41) is 0.524. The number of rotatable bonds is 2. The van der Waals surface area contributed by atoms with Crippen molar-refractivity contribution in [3.63, 3.8) is 0 Å². The third kappa shape index (κ3) is 6.37. The van der Waals surface area contributed by atoms with Crippen LogP contribution in [-0.4, -0.2) is 49.9 Å². The summed E-state index contributed by atoms with van der Waals surface area (Å²) < 4.78 is 13.5. The predicted octanol–water partition coefficient (Wildman–Crippen LogP) is 13.2. The Morgan fingerprint density at radius 3 is 0.514 bits per heavy atom. The molecule has 0 saturated carbocycles. The third-order valence-electron chi connectivity index (χ3n) is 8.51. The normalized spacial score (nSPS) is 16.6. The van der Waals surface area contributed by atoms with Gasteiger partial charge in [0, 0.05) is 0 Å². The zero-order chi connectivity index (χ0) is 30.9.